The standard InChI is InChI=1S/C13H24N2O5S/c1-4-6-13(2,3)14-12(18)15(8-11(16)17)10-5-7-21(19,20)9-10/h10H,4-9H2,1-3H3,(H,14,18)(H,16,17). The number of hydrogen-bond donors (Lipinski definition) is 2. The van der Waals surface area contributed by atoms with Crippen molar-refractivity contribution < 1.29 is 23.1 Å². The smallest absolute Gasteiger partial charge is 0.323 e. The molecule has 2 N–H and O–H groups in total. The van der Waals surface area contributed by atoms with Crippen LogP contribution in [0.4, 0.5) is 4.79 Å². The van der Waals surface area contributed by atoms with Crippen LogP contribution >= 0.6 is 0 Å². The molecule has 1 atom stereocenters. The number of hydrogen-bond acceptors (Lipinski definition) is 4. The Hall–Kier alpha value is -1.31. The van der Waals surface area contributed by atoms with Crippen molar-refractivity contribution in [2.24, 2.45) is 0 Å². The van der Waals surface area contributed by atoms with E-state index in [0.29, 0.717) is 0 Å². The molecule has 1 unspecified atom stereocenters. The monoisotopic (exact) mass is 320 g/mol. The van der Waals surface area contributed by atoms with E-state index in [4.69, 9.17) is 5.11 Å². The summed E-state index contributed by atoms with van der Waals surface area (Å²) in [6, 6.07) is -1.08. The number of urea groups is 1. The van der Waals surface area contributed by atoms with Crippen molar-refractivity contribution in [2.75, 3.05) is 18.1 Å². The number of nitrogens with zero attached hydrogens (tertiary/aromatic N) is 1. The van der Waals surface area contributed by atoms with Crippen molar-refractivity contribution in [2.45, 2.75) is 51.6 Å². The van der Waals surface area contributed by atoms with Crippen molar-refractivity contribution in [1.29, 1.82) is 0 Å². The van der Waals surface area contributed by atoms with Crippen LogP contribution in [0.1, 0.15) is 40.0 Å². The van der Waals surface area contributed by atoms with Gasteiger partial charge in [-0.1, -0.05) is 13.3 Å². The minimum atomic E-state index is -3.18. The Labute approximate surface area is 125 Å². The third kappa shape index (κ3) is 5.53. The lowest BCUT2D eigenvalue weighted by molar-refractivity contribution is -0.138. The predicted octanol–water partition coefficient (Wildman–Crippen LogP) is 0.848. The largest absolute Gasteiger partial charge is 0.480 e. The van der Waals surface area contributed by atoms with Gasteiger partial charge in [-0.15, -0.1) is 0 Å². The second kappa shape index (κ2) is 6.64. The fourth-order valence-corrected chi connectivity index (χ4v) is 4.31. The van der Waals surface area contributed by atoms with Gasteiger partial charge in [0.25, 0.3) is 0 Å². The molecule has 0 aliphatic carbocycles. The summed E-state index contributed by atoms with van der Waals surface area (Å²) in [5.41, 5.74) is -0.458. The first-order valence-corrected chi connectivity index (χ1v) is 8.89. The van der Waals surface area contributed by atoms with Crippen LogP contribution in [0.5, 0.6) is 0 Å². The summed E-state index contributed by atoms with van der Waals surface area (Å²) in [7, 11) is -3.18. The van der Waals surface area contributed by atoms with Gasteiger partial charge in [-0.05, 0) is 26.7 Å². The highest BCUT2D eigenvalue weighted by Gasteiger charge is 2.36. The van der Waals surface area contributed by atoms with Gasteiger partial charge in [-0.25, -0.2) is 13.2 Å². The molecule has 2 amide bonds. The van der Waals surface area contributed by atoms with Crippen LogP contribution in [0.2, 0.25) is 0 Å². The Morgan fingerprint density at radius 3 is 2.43 bits per heavy atom. The average Bonchev–Trinajstić information content (AvgIpc) is 2.65. The third-order valence-electron chi connectivity index (χ3n) is 3.54. The molecule has 0 aromatic heterocycles. The van der Waals surface area contributed by atoms with Crippen molar-refractivity contribution >= 4 is 21.8 Å². The second-order valence-electron chi connectivity index (χ2n) is 6.14. The van der Waals surface area contributed by atoms with Crippen LogP contribution in [0.25, 0.3) is 0 Å². The van der Waals surface area contributed by atoms with E-state index < -0.39 is 40.0 Å². The molecule has 0 aromatic carbocycles. The van der Waals surface area contributed by atoms with Crippen LogP contribution < -0.4 is 5.32 Å². The maximum atomic E-state index is 12.3. The van der Waals surface area contributed by atoms with Gasteiger partial charge in [0.2, 0.25) is 0 Å². The van der Waals surface area contributed by atoms with Gasteiger partial charge in [0.15, 0.2) is 9.84 Å². The van der Waals surface area contributed by atoms with Crippen LogP contribution in [0.3, 0.4) is 0 Å². The highest BCUT2D eigenvalue weighted by molar-refractivity contribution is 7.91. The Bertz CT molecular complexity index is 501. The topological polar surface area (TPSA) is 104 Å². The van der Waals surface area contributed by atoms with E-state index in [0.717, 1.165) is 17.7 Å². The van der Waals surface area contributed by atoms with E-state index in [1.165, 1.54) is 0 Å². The van der Waals surface area contributed by atoms with Gasteiger partial charge in [-0.2, -0.15) is 0 Å². The van der Waals surface area contributed by atoms with Crippen LogP contribution in [-0.4, -0.2) is 60.1 Å². The van der Waals surface area contributed by atoms with E-state index in [2.05, 4.69) is 5.32 Å². The molecule has 0 bridgehead atoms. The van der Waals surface area contributed by atoms with E-state index in [9.17, 15) is 18.0 Å². The van der Waals surface area contributed by atoms with Gasteiger partial charge in [-0.3, -0.25) is 4.79 Å². The number of carbonyl (C=O) groups is 2. The lowest BCUT2D eigenvalue weighted by Crippen LogP contribution is -2.54. The van der Waals surface area contributed by atoms with Crippen LogP contribution in [-0.2, 0) is 14.6 Å². The Balaban J connectivity index is 2.83. The summed E-state index contributed by atoms with van der Waals surface area (Å²) in [5.74, 6) is -1.32. The summed E-state index contributed by atoms with van der Waals surface area (Å²) < 4.78 is 23.1. The molecule has 1 rings (SSSR count). The van der Waals surface area contributed by atoms with E-state index in [-0.39, 0.29) is 17.9 Å². The number of carbonyl (C=O) groups excluding carboxylic acids is 1. The predicted molar refractivity (Wildman–Crippen MR) is 78.9 cm³/mol. The number of sulfone groups is 1. The van der Waals surface area contributed by atoms with Crippen LogP contribution in [0.15, 0.2) is 0 Å². The molecule has 0 saturated carbocycles. The zero-order chi connectivity index (χ0) is 16.3. The first-order valence-electron chi connectivity index (χ1n) is 7.07. The Kier molecular flexibility index (Phi) is 5.61. The molecule has 122 valence electrons. The SMILES string of the molecule is CCCC(C)(C)NC(=O)N(CC(=O)O)C1CCS(=O)(=O)C1. The molecule has 7 nitrogen and oxygen atoms in total. The molecule has 0 radical (unpaired) electrons. The maximum Gasteiger partial charge on any atom is 0.323 e. The molecule has 21 heavy (non-hydrogen) atoms. The number of nitrogens with one attached hydrogen (secondary N) is 1. The summed E-state index contributed by atoms with van der Waals surface area (Å²) in [4.78, 5) is 24.4. The maximum absolute atomic E-state index is 12.3. The minimum absolute atomic E-state index is 0.000577. The lowest BCUT2D eigenvalue weighted by atomic mass is 9.99. The second-order valence-corrected chi connectivity index (χ2v) is 8.37. The quantitative estimate of drug-likeness (QED) is 0.755. The number of carboxylic acid groups (broad SMARTS) is 1. The molecule has 1 aliphatic heterocycles. The number of aliphatic carboxylic acids is 1. The molecule has 1 saturated heterocycles. The number of amides is 2. The van der Waals surface area contributed by atoms with Gasteiger partial charge in [0.05, 0.1) is 11.5 Å². The molecule has 0 aromatic rings. The fourth-order valence-electron chi connectivity index (χ4n) is 2.58. The molecule has 1 heterocycles. The Morgan fingerprint density at radius 2 is 2.00 bits per heavy atom. The highest BCUT2D eigenvalue weighted by Crippen LogP contribution is 2.19. The van der Waals surface area contributed by atoms with Crippen molar-refractivity contribution in [3.05, 3.63) is 0 Å². The van der Waals surface area contributed by atoms with Gasteiger partial charge < -0.3 is 15.3 Å². The molecule has 1 aliphatic rings. The lowest BCUT2D eigenvalue weighted by Gasteiger charge is -2.32. The summed E-state index contributed by atoms with van der Waals surface area (Å²) in [6.07, 6.45) is 1.92. The first kappa shape index (κ1) is 17.7. The van der Waals surface area contributed by atoms with Gasteiger partial charge >= 0.3 is 12.0 Å². The third-order valence-corrected chi connectivity index (χ3v) is 5.29. The van der Waals surface area contributed by atoms with E-state index in [1.54, 1.807) is 0 Å². The normalized spacial score (nSPS) is 21.0. The molecular formula is C13H24N2O5S. The average molecular weight is 320 g/mol. The molecule has 8 heteroatoms. The zero-order valence-electron chi connectivity index (χ0n) is 12.8. The minimum Gasteiger partial charge on any atom is -0.480 e. The number of rotatable bonds is 6. The van der Waals surface area contributed by atoms with Crippen molar-refractivity contribution in [3.8, 4) is 0 Å². The van der Waals surface area contributed by atoms with E-state index >= 15 is 0 Å². The zero-order valence-corrected chi connectivity index (χ0v) is 13.6. The summed E-state index contributed by atoms with van der Waals surface area (Å²) >= 11 is 0. The Morgan fingerprint density at radius 1 is 1.38 bits per heavy atom. The number of carboxylic acids is 1. The summed E-state index contributed by atoms with van der Waals surface area (Å²) in [5, 5.41) is 11.7. The highest BCUT2D eigenvalue weighted by atomic mass is 32.2. The fraction of sp³-hybridized carbons (Fsp3) is 0.846. The van der Waals surface area contributed by atoms with Gasteiger partial charge in [0, 0.05) is 11.6 Å². The molecule has 1 fully saturated rings. The van der Waals surface area contributed by atoms with Crippen LogP contribution in [0, 0.1) is 0 Å². The molecular weight excluding hydrogens is 296 g/mol. The van der Waals surface area contributed by atoms with E-state index in [1.807, 2.05) is 20.8 Å². The van der Waals surface area contributed by atoms with Crippen molar-refractivity contribution in [3.63, 3.8) is 0 Å². The summed E-state index contributed by atoms with van der Waals surface area (Å²) in [6.45, 7) is 5.22. The first-order chi connectivity index (χ1) is 9.56. The van der Waals surface area contributed by atoms with Gasteiger partial charge in [0.1, 0.15) is 6.54 Å². The van der Waals surface area contributed by atoms with Crippen molar-refractivity contribution in [1.82, 2.24) is 10.2 Å². The molecule has 0 spiro atoms.